The van der Waals surface area contributed by atoms with E-state index in [0.717, 1.165) is 12.0 Å². The molecule has 0 saturated carbocycles. The van der Waals surface area contributed by atoms with Gasteiger partial charge in [-0.25, -0.2) is 13.6 Å². The van der Waals surface area contributed by atoms with Crippen LogP contribution in [0.3, 0.4) is 0 Å². The Morgan fingerprint density at radius 2 is 1.86 bits per heavy atom. The molecule has 0 saturated heterocycles. The van der Waals surface area contributed by atoms with Crippen molar-refractivity contribution < 1.29 is 8.42 Å². The molecule has 4 nitrogen and oxygen atoms in total. The lowest BCUT2D eigenvalue weighted by Gasteiger charge is -2.05. The normalized spacial score (nSPS) is 11.6. The van der Waals surface area contributed by atoms with E-state index in [1.807, 2.05) is 0 Å². The van der Waals surface area contributed by atoms with E-state index in [0.29, 0.717) is 13.0 Å². The van der Waals surface area contributed by atoms with Crippen LogP contribution in [-0.4, -0.2) is 15.0 Å². The highest BCUT2D eigenvalue weighted by Crippen LogP contribution is 2.14. The van der Waals surface area contributed by atoms with Gasteiger partial charge in [0.1, 0.15) is 0 Å². The molecule has 14 heavy (non-hydrogen) atoms. The molecule has 0 aliphatic carbocycles. The highest BCUT2D eigenvalue weighted by atomic mass is 32.2. The van der Waals surface area contributed by atoms with E-state index in [4.69, 9.17) is 10.9 Å². The molecule has 0 radical (unpaired) electrons. The van der Waals surface area contributed by atoms with Crippen molar-refractivity contribution in [2.75, 3.05) is 6.54 Å². The predicted octanol–water partition coefficient (Wildman–Crippen LogP) is 0.225. The first kappa shape index (κ1) is 11.2. The number of hydrogen-bond acceptors (Lipinski definition) is 3. The lowest BCUT2D eigenvalue weighted by atomic mass is 10.1. The molecular weight excluding hydrogens is 200 g/mol. The first-order valence-corrected chi connectivity index (χ1v) is 5.91. The van der Waals surface area contributed by atoms with Crippen LogP contribution in [0.15, 0.2) is 29.2 Å². The van der Waals surface area contributed by atoms with Crippen LogP contribution in [0.1, 0.15) is 12.0 Å². The Kier molecular flexibility index (Phi) is 3.62. The van der Waals surface area contributed by atoms with Crippen molar-refractivity contribution in [3.8, 4) is 0 Å². The van der Waals surface area contributed by atoms with Crippen LogP contribution in [0.25, 0.3) is 0 Å². The number of benzene rings is 1. The largest absolute Gasteiger partial charge is 0.330 e. The predicted molar refractivity (Wildman–Crippen MR) is 55.2 cm³/mol. The van der Waals surface area contributed by atoms with Crippen molar-refractivity contribution in [3.05, 3.63) is 29.8 Å². The molecule has 0 amide bonds. The van der Waals surface area contributed by atoms with Gasteiger partial charge in [0.15, 0.2) is 0 Å². The summed E-state index contributed by atoms with van der Waals surface area (Å²) >= 11 is 0. The summed E-state index contributed by atoms with van der Waals surface area (Å²) in [7, 11) is -3.60. The van der Waals surface area contributed by atoms with Gasteiger partial charge in [0, 0.05) is 0 Å². The minimum Gasteiger partial charge on any atom is -0.330 e. The van der Waals surface area contributed by atoms with Crippen LogP contribution >= 0.6 is 0 Å². The zero-order valence-corrected chi connectivity index (χ0v) is 8.63. The maximum atomic E-state index is 11.2. The second-order valence-electron chi connectivity index (χ2n) is 3.04. The molecule has 0 fully saturated rings. The Morgan fingerprint density at radius 3 is 2.43 bits per heavy atom. The molecule has 1 rings (SSSR count). The van der Waals surface area contributed by atoms with Crippen LogP contribution < -0.4 is 10.9 Å². The minimum atomic E-state index is -3.60. The zero-order valence-electron chi connectivity index (χ0n) is 7.81. The summed E-state index contributed by atoms with van der Waals surface area (Å²) in [6.07, 6.45) is 1.40. The van der Waals surface area contributed by atoms with Crippen LogP contribution in [-0.2, 0) is 16.4 Å². The first-order valence-electron chi connectivity index (χ1n) is 4.36. The molecule has 0 aliphatic rings. The van der Waals surface area contributed by atoms with Crippen molar-refractivity contribution >= 4 is 10.0 Å². The molecule has 0 heterocycles. The Morgan fingerprint density at radius 1 is 1.21 bits per heavy atom. The maximum Gasteiger partial charge on any atom is 0.238 e. The fourth-order valence-electron chi connectivity index (χ4n) is 1.28. The van der Waals surface area contributed by atoms with Crippen LogP contribution in [0.2, 0.25) is 0 Å². The number of sulfonamides is 1. The standard InChI is InChI=1S/C9H14N2O2S/c10-7-3-5-8-4-1-2-6-9(8)14(11,12)13/h1-2,4,6H,3,5,7,10H2,(H2,11,12,13). The topological polar surface area (TPSA) is 86.2 Å². The Hall–Kier alpha value is -0.910. The van der Waals surface area contributed by atoms with Gasteiger partial charge >= 0.3 is 0 Å². The lowest BCUT2D eigenvalue weighted by molar-refractivity contribution is 0.596. The zero-order chi connectivity index (χ0) is 10.6. The smallest absolute Gasteiger partial charge is 0.238 e. The molecular formula is C9H14N2O2S. The molecule has 0 aromatic heterocycles. The summed E-state index contributed by atoms with van der Waals surface area (Å²) in [4.78, 5) is 0.202. The quantitative estimate of drug-likeness (QED) is 0.752. The fraction of sp³-hybridized carbons (Fsp3) is 0.333. The SMILES string of the molecule is NCCCc1ccccc1S(N)(=O)=O. The molecule has 78 valence electrons. The highest BCUT2D eigenvalue weighted by molar-refractivity contribution is 7.89. The fourth-order valence-corrected chi connectivity index (χ4v) is 2.08. The minimum absolute atomic E-state index is 0.202. The average Bonchev–Trinajstić information content (AvgIpc) is 2.14. The maximum absolute atomic E-state index is 11.2. The van der Waals surface area contributed by atoms with Gasteiger partial charge in [-0.15, -0.1) is 0 Å². The van der Waals surface area contributed by atoms with E-state index in [-0.39, 0.29) is 4.90 Å². The van der Waals surface area contributed by atoms with Gasteiger partial charge in [0.05, 0.1) is 4.90 Å². The molecule has 4 N–H and O–H groups in total. The highest BCUT2D eigenvalue weighted by Gasteiger charge is 2.11. The summed E-state index contributed by atoms with van der Waals surface area (Å²) in [6.45, 7) is 0.541. The number of primary sulfonamides is 1. The van der Waals surface area contributed by atoms with Crippen molar-refractivity contribution in [3.63, 3.8) is 0 Å². The average molecular weight is 214 g/mol. The van der Waals surface area contributed by atoms with Crippen molar-refractivity contribution in [1.82, 2.24) is 0 Å². The summed E-state index contributed by atoms with van der Waals surface area (Å²) < 4.78 is 22.3. The van der Waals surface area contributed by atoms with Gasteiger partial charge in [-0.1, -0.05) is 18.2 Å². The number of rotatable bonds is 4. The monoisotopic (exact) mass is 214 g/mol. The Labute approximate surface area is 84.0 Å². The third-order valence-corrected chi connectivity index (χ3v) is 2.94. The van der Waals surface area contributed by atoms with Crippen molar-refractivity contribution in [2.24, 2.45) is 10.9 Å². The molecule has 0 bridgehead atoms. The van der Waals surface area contributed by atoms with E-state index in [9.17, 15) is 8.42 Å². The molecule has 5 heteroatoms. The summed E-state index contributed by atoms with van der Waals surface area (Å²) in [5.41, 5.74) is 6.09. The molecule has 1 aromatic carbocycles. The molecule has 0 spiro atoms. The second-order valence-corrected chi connectivity index (χ2v) is 4.57. The van der Waals surface area contributed by atoms with Crippen LogP contribution in [0.4, 0.5) is 0 Å². The van der Waals surface area contributed by atoms with Crippen molar-refractivity contribution in [1.29, 1.82) is 0 Å². The van der Waals surface area contributed by atoms with E-state index in [2.05, 4.69) is 0 Å². The van der Waals surface area contributed by atoms with Gasteiger partial charge in [0.2, 0.25) is 10.0 Å². The second kappa shape index (κ2) is 4.54. The van der Waals surface area contributed by atoms with Gasteiger partial charge in [-0.2, -0.15) is 0 Å². The van der Waals surface area contributed by atoms with Crippen LogP contribution in [0.5, 0.6) is 0 Å². The van der Waals surface area contributed by atoms with Gasteiger partial charge in [-0.3, -0.25) is 0 Å². The Bertz CT molecular complexity index is 401. The van der Waals surface area contributed by atoms with Gasteiger partial charge in [-0.05, 0) is 31.0 Å². The van der Waals surface area contributed by atoms with E-state index in [1.54, 1.807) is 18.2 Å². The van der Waals surface area contributed by atoms with Crippen molar-refractivity contribution in [2.45, 2.75) is 17.7 Å². The summed E-state index contributed by atoms with van der Waals surface area (Å²) in [6, 6.07) is 6.73. The third kappa shape index (κ3) is 2.80. The number of hydrogen-bond donors (Lipinski definition) is 2. The van der Waals surface area contributed by atoms with E-state index < -0.39 is 10.0 Å². The molecule has 0 unspecified atom stereocenters. The first-order chi connectivity index (χ1) is 6.55. The Balaban J connectivity index is 3.04. The van der Waals surface area contributed by atoms with Gasteiger partial charge < -0.3 is 5.73 Å². The van der Waals surface area contributed by atoms with Gasteiger partial charge in [0.25, 0.3) is 0 Å². The number of nitrogens with two attached hydrogens (primary N) is 2. The van der Waals surface area contributed by atoms with Crippen LogP contribution in [0, 0.1) is 0 Å². The van der Waals surface area contributed by atoms with E-state index >= 15 is 0 Å². The molecule has 0 atom stereocenters. The number of aryl methyl sites for hydroxylation is 1. The lowest BCUT2D eigenvalue weighted by Crippen LogP contribution is -2.15. The molecule has 1 aromatic rings. The van der Waals surface area contributed by atoms with E-state index in [1.165, 1.54) is 6.07 Å². The molecule has 0 aliphatic heterocycles. The summed E-state index contributed by atoms with van der Waals surface area (Å²) in [5.74, 6) is 0. The third-order valence-electron chi connectivity index (χ3n) is 1.93. The summed E-state index contributed by atoms with van der Waals surface area (Å²) in [5, 5.41) is 5.07.